The number of halogens is 1. The summed E-state index contributed by atoms with van der Waals surface area (Å²) in [5.41, 5.74) is 1.42. The van der Waals surface area contributed by atoms with E-state index >= 15 is 0 Å². The molecule has 1 fully saturated rings. The molecule has 1 saturated heterocycles. The molecule has 12 heteroatoms. The highest BCUT2D eigenvalue weighted by Crippen LogP contribution is 2.59. The maximum absolute atomic E-state index is 14.4. The topological polar surface area (TPSA) is 133 Å². The summed E-state index contributed by atoms with van der Waals surface area (Å²) < 4.78 is 55.9. The van der Waals surface area contributed by atoms with E-state index < -0.39 is 38.0 Å². The molecule has 228 valence electrons. The number of hydrogen-bond donors (Lipinski definition) is 3. The van der Waals surface area contributed by atoms with Crippen molar-refractivity contribution in [2.45, 2.75) is 42.2 Å². The Morgan fingerprint density at radius 2 is 1.81 bits per heavy atom. The largest absolute Gasteiger partial charge is 0.465 e. The van der Waals surface area contributed by atoms with Crippen LogP contribution in [0.1, 0.15) is 51.1 Å². The van der Waals surface area contributed by atoms with Crippen molar-refractivity contribution < 1.29 is 31.8 Å². The third kappa shape index (κ3) is 5.80. The zero-order valence-corrected chi connectivity index (χ0v) is 25.9. The Kier molecular flexibility index (Phi) is 8.65. The summed E-state index contributed by atoms with van der Waals surface area (Å²) in [5, 5.41) is 3.42. The van der Waals surface area contributed by atoms with Crippen LogP contribution in [-0.4, -0.2) is 54.1 Å². The predicted molar refractivity (Wildman–Crippen MR) is 169 cm³/mol. The zero-order chi connectivity index (χ0) is 31.0. The first-order valence-corrected chi connectivity index (χ1v) is 17.4. The lowest BCUT2D eigenvalue weighted by Gasteiger charge is -2.48. The molecule has 9 nitrogen and oxygen atoms in total. The van der Waals surface area contributed by atoms with E-state index in [0.717, 1.165) is 5.56 Å². The molecule has 0 saturated carbocycles. The molecular weight excluding hydrogens is 612 g/mol. The monoisotopic (exact) mass is 644 g/mol. The van der Waals surface area contributed by atoms with Gasteiger partial charge in [0.2, 0.25) is 0 Å². The molecule has 0 aromatic heterocycles. The second kappa shape index (κ2) is 12.0. The van der Waals surface area contributed by atoms with Crippen LogP contribution >= 0.6 is 22.2 Å². The number of esters is 1. The van der Waals surface area contributed by atoms with Gasteiger partial charge >= 0.3 is 5.97 Å². The summed E-state index contributed by atoms with van der Waals surface area (Å²) in [5.74, 6) is -0.808. The van der Waals surface area contributed by atoms with Gasteiger partial charge < -0.3 is 10.1 Å². The van der Waals surface area contributed by atoms with E-state index in [-0.39, 0.29) is 40.8 Å². The number of carbonyl (C=O) groups is 2. The molecule has 43 heavy (non-hydrogen) atoms. The Morgan fingerprint density at radius 1 is 1.09 bits per heavy atom. The number of anilines is 1. The highest BCUT2D eigenvalue weighted by molar-refractivity contribution is 8.24. The standard InChI is InChI=1S/C31H33ClN2O7S2/c1-3-7-28-31(14-16-42(37,38)17-15-31)25-19-21(29(35)33-20-23-8-4-5-11-26(23)32)12-13-27(25)34(28)43(39,40)24-10-6-9-22(18-24)30(36)41-2/h3-6,8-13,18-19,28,37-38H,1,7,14-17,20H2,2H3,(H,33,35). The minimum Gasteiger partial charge on any atom is -0.465 e. The van der Waals surface area contributed by atoms with Gasteiger partial charge in [-0.25, -0.2) is 13.2 Å². The first kappa shape index (κ1) is 31.1. The number of benzene rings is 3. The number of ether oxygens (including phenoxy) is 1. The second-order valence-electron chi connectivity index (χ2n) is 10.7. The fourth-order valence-corrected chi connectivity index (χ4v) is 9.65. The average molecular weight is 645 g/mol. The van der Waals surface area contributed by atoms with Crippen molar-refractivity contribution in [3.63, 3.8) is 0 Å². The molecule has 2 heterocycles. The van der Waals surface area contributed by atoms with Crippen LogP contribution in [0.5, 0.6) is 0 Å². The number of sulfonamides is 1. The molecule has 0 bridgehead atoms. The number of rotatable bonds is 8. The van der Waals surface area contributed by atoms with Crippen molar-refractivity contribution in [2.24, 2.45) is 0 Å². The van der Waals surface area contributed by atoms with Gasteiger partial charge in [0.25, 0.3) is 15.9 Å². The smallest absolute Gasteiger partial charge is 0.337 e. The van der Waals surface area contributed by atoms with Crippen molar-refractivity contribution in [2.75, 3.05) is 22.9 Å². The minimum atomic E-state index is -4.23. The molecular formula is C31H33ClN2O7S2. The minimum absolute atomic E-state index is 0.0888. The molecule has 0 radical (unpaired) electrons. The molecule has 1 spiro atoms. The van der Waals surface area contributed by atoms with Gasteiger partial charge in [0.15, 0.2) is 0 Å². The van der Waals surface area contributed by atoms with Gasteiger partial charge in [0, 0.05) is 34.1 Å². The Balaban J connectivity index is 1.60. The SMILES string of the molecule is C=CCC1N(S(=O)(=O)c2cccc(C(=O)OC)c2)c2ccc(C(=O)NCc3ccccc3Cl)cc2C12CCS(O)(O)CC2. The van der Waals surface area contributed by atoms with E-state index in [1.807, 2.05) is 12.1 Å². The molecule has 1 atom stereocenters. The van der Waals surface area contributed by atoms with Crippen LogP contribution in [-0.2, 0) is 26.7 Å². The van der Waals surface area contributed by atoms with E-state index in [1.54, 1.807) is 36.4 Å². The molecule has 2 aliphatic rings. The summed E-state index contributed by atoms with van der Waals surface area (Å²) in [6.07, 6.45) is 2.53. The number of nitrogens with zero attached hydrogens (tertiary/aromatic N) is 1. The van der Waals surface area contributed by atoms with E-state index in [2.05, 4.69) is 11.9 Å². The van der Waals surface area contributed by atoms with Gasteiger partial charge in [-0.3, -0.25) is 18.2 Å². The highest BCUT2D eigenvalue weighted by atomic mass is 35.5. The van der Waals surface area contributed by atoms with Gasteiger partial charge in [0.05, 0.1) is 29.3 Å². The van der Waals surface area contributed by atoms with Crippen molar-refractivity contribution >= 4 is 49.8 Å². The van der Waals surface area contributed by atoms with Crippen molar-refractivity contribution in [1.29, 1.82) is 0 Å². The van der Waals surface area contributed by atoms with Crippen LogP contribution in [0.15, 0.2) is 84.3 Å². The fourth-order valence-electron chi connectivity index (χ4n) is 6.07. The zero-order valence-electron chi connectivity index (χ0n) is 23.5. The third-order valence-corrected chi connectivity index (χ3v) is 12.2. The third-order valence-electron chi connectivity index (χ3n) is 8.30. The fraction of sp³-hybridized carbons (Fsp3) is 0.290. The molecule has 1 unspecified atom stereocenters. The molecule has 3 N–H and O–H groups in total. The van der Waals surface area contributed by atoms with E-state index in [1.165, 1.54) is 35.7 Å². The summed E-state index contributed by atoms with van der Waals surface area (Å²) in [4.78, 5) is 25.4. The number of nitrogens with one attached hydrogen (secondary N) is 1. The van der Waals surface area contributed by atoms with Crippen LogP contribution in [0.3, 0.4) is 0 Å². The summed E-state index contributed by atoms with van der Waals surface area (Å²) >= 11 is 6.25. The van der Waals surface area contributed by atoms with Gasteiger partial charge in [-0.2, -0.15) is 10.6 Å². The quantitative estimate of drug-likeness (QED) is 0.203. The Labute approximate surface area is 257 Å². The van der Waals surface area contributed by atoms with Crippen LogP contribution in [0.4, 0.5) is 5.69 Å². The number of methoxy groups -OCH3 is 1. The molecule has 5 rings (SSSR count). The predicted octanol–water partition coefficient (Wildman–Crippen LogP) is 5.99. The molecule has 1 amide bonds. The lowest BCUT2D eigenvalue weighted by atomic mass is 9.71. The van der Waals surface area contributed by atoms with Crippen LogP contribution in [0.25, 0.3) is 0 Å². The number of fused-ring (bicyclic) bond motifs is 2. The van der Waals surface area contributed by atoms with Crippen LogP contribution in [0.2, 0.25) is 5.02 Å². The Bertz CT molecular complexity index is 1680. The average Bonchev–Trinajstić information content (AvgIpc) is 3.27. The molecule has 3 aromatic rings. The van der Waals surface area contributed by atoms with Gasteiger partial charge in [-0.1, -0.05) is 41.9 Å². The lowest BCUT2D eigenvalue weighted by Crippen LogP contribution is -2.50. The van der Waals surface area contributed by atoms with Gasteiger partial charge in [-0.05, 0) is 72.9 Å². The Morgan fingerprint density at radius 3 is 2.49 bits per heavy atom. The normalized spacial score (nSPS) is 19.3. The van der Waals surface area contributed by atoms with Crippen LogP contribution in [0, 0.1) is 0 Å². The Hall–Kier alpha value is -3.35. The highest BCUT2D eigenvalue weighted by Gasteiger charge is 2.56. The number of carbonyl (C=O) groups excluding carboxylic acids is 2. The van der Waals surface area contributed by atoms with E-state index in [0.29, 0.717) is 34.7 Å². The maximum Gasteiger partial charge on any atom is 0.337 e. The van der Waals surface area contributed by atoms with Gasteiger partial charge in [0.1, 0.15) is 0 Å². The second-order valence-corrected chi connectivity index (χ2v) is 15.4. The number of amides is 1. The van der Waals surface area contributed by atoms with Crippen LogP contribution < -0.4 is 9.62 Å². The van der Waals surface area contributed by atoms with E-state index in [4.69, 9.17) is 16.3 Å². The molecule has 0 aliphatic carbocycles. The first-order chi connectivity index (χ1) is 20.4. The summed E-state index contributed by atoms with van der Waals surface area (Å²) in [6.45, 7) is 4.09. The maximum atomic E-state index is 14.4. The first-order valence-electron chi connectivity index (χ1n) is 13.7. The van der Waals surface area contributed by atoms with Crippen molar-refractivity contribution in [3.8, 4) is 0 Å². The summed E-state index contributed by atoms with van der Waals surface area (Å²) in [7, 11) is -5.83. The van der Waals surface area contributed by atoms with Crippen molar-refractivity contribution in [1.82, 2.24) is 5.32 Å². The van der Waals surface area contributed by atoms with Gasteiger partial charge in [-0.15, -0.1) is 6.58 Å². The van der Waals surface area contributed by atoms with Crippen molar-refractivity contribution in [3.05, 3.63) is 107 Å². The summed E-state index contributed by atoms with van der Waals surface area (Å²) in [6, 6.07) is 17.1. The molecule has 3 aromatic carbocycles. The molecule has 2 aliphatic heterocycles. The van der Waals surface area contributed by atoms with E-state index in [9.17, 15) is 27.1 Å². The number of hydrogen-bond acceptors (Lipinski definition) is 7. The lowest BCUT2D eigenvalue weighted by molar-refractivity contribution is 0.0600.